The molecule has 0 spiro atoms. The zero-order valence-electron chi connectivity index (χ0n) is 10.9. The summed E-state index contributed by atoms with van der Waals surface area (Å²) in [5.41, 5.74) is 2.12. The Morgan fingerprint density at radius 3 is 2.89 bits per heavy atom. The Labute approximate surface area is 121 Å². The zero-order valence-corrected chi connectivity index (χ0v) is 12.5. The molecule has 0 fully saturated rings. The SMILES string of the molecule is CC(C)NCc1ccc(-n2ccnc2C#N)c(Br)c1. The first kappa shape index (κ1) is 13.8. The molecule has 1 N–H and O–H groups in total. The van der Waals surface area contributed by atoms with Crippen LogP contribution in [0.3, 0.4) is 0 Å². The van der Waals surface area contributed by atoms with Crippen LogP contribution in [0.25, 0.3) is 5.69 Å². The van der Waals surface area contributed by atoms with E-state index in [0.29, 0.717) is 11.9 Å². The lowest BCUT2D eigenvalue weighted by atomic mass is 10.2. The van der Waals surface area contributed by atoms with E-state index >= 15 is 0 Å². The fourth-order valence-electron chi connectivity index (χ4n) is 1.76. The Balaban J connectivity index is 2.27. The van der Waals surface area contributed by atoms with Crippen LogP contribution in [-0.4, -0.2) is 15.6 Å². The molecule has 0 unspecified atom stereocenters. The van der Waals surface area contributed by atoms with Gasteiger partial charge in [0.15, 0.2) is 0 Å². The third-order valence-electron chi connectivity index (χ3n) is 2.73. The molecule has 0 bridgehead atoms. The van der Waals surface area contributed by atoms with Crippen molar-refractivity contribution in [3.8, 4) is 11.8 Å². The van der Waals surface area contributed by atoms with Crippen LogP contribution in [0.2, 0.25) is 0 Å². The lowest BCUT2D eigenvalue weighted by molar-refractivity contribution is 0.588. The molecule has 4 nitrogen and oxygen atoms in total. The molecule has 0 aliphatic rings. The second kappa shape index (κ2) is 6.00. The first-order valence-corrected chi connectivity index (χ1v) is 6.86. The fraction of sp³-hybridized carbons (Fsp3) is 0.286. The maximum absolute atomic E-state index is 9.00. The summed E-state index contributed by atoms with van der Waals surface area (Å²) in [5, 5.41) is 12.4. The summed E-state index contributed by atoms with van der Waals surface area (Å²) in [5.74, 6) is 0.383. The number of hydrogen-bond donors (Lipinski definition) is 1. The number of hydrogen-bond acceptors (Lipinski definition) is 3. The largest absolute Gasteiger partial charge is 0.310 e. The summed E-state index contributed by atoms with van der Waals surface area (Å²) in [6.07, 6.45) is 3.41. The van der Waals surface area contributed by atoms with Gasteiger partial charge in [-0.1, -0.05) is 19.9 Å². The van der Waals surface area contributed by atoms with Crippen molar-refractivity contribution in [2.24, 2.45) is 0 Å². The highest BCUT2D eigenvalue weighted by Crippen LogP contribution is 2.23. The maximum atomic E-state index is 9.00. The molecule has 0 saturated heterocycles. The van der Waals surface area contributed by atoms with Crippen LogP contribution in [0.4, 0.5) is 0 Å². The number of imidazole rings is 1. The van der Waals surface area contributed by atoms with Gasteiger partial charge < -0.3 is 5.32 Å². The van der Waals surface area contributed by atoms with E-state index in [0.717, 1.165) is 16.7 Å². The van der Waals surface area contributed by atoms with E-state index in [1.807, 2.05) is 6.07 Å². The minimum Gasteiger partial charge on any atom is -0.310 e. The Morgan fingerprint density at radius 1 is 1.47 bits per heavy atom. The molecular formula is C14H15BrN4. The van der Waals surface area contributed by atoms with Gasteiger partial charge in [-0.3, -0.25) is 4.57 Å². The Bertz CT molecular complexity index is 610. The highest BCUT2D eigenvalue weighted by molar-refractivity contribution is 9.10. The molecule has 2 aromatic rings. The zero-order chi connectivity index (χ0) is 13.8. The average Bonchev–Trinajstić information content (AvgIpc) is 2.84. The summed E-state index contributed by atoms with van der Waals surface area (Å²) in [6, 6.07) is 8.63. The number of nitrogens with zero attached hydrogens (tertiary/aromatic N) is 3. The summed E-state index contributed by atoms with van der Waals surface area (Å²) < 4.78 is 2.72. The Hall–Kier alpha value is -1.64. The van der Waals surface area contributed by atoms with Gasteiger partial charge >= 0.3 is 0 Å². The number of nitrogens with one attached hydrogen (secondary N) is 1. The third kappa shape index (κ3) is 3.22. The molecule has 2 rings (SSSR count). The Morgan fingerprint density at radius 2 is 2.26 bits per heavy atom. The van der Waals surface area contributed by atoms with Crippen LogP contribution in [0, 0.1) is 11.3 Å². The second-order valence-corrected chi connectivity index (χ2v) is 5.41. The molecule has 0 atom stereocenters. The predicted molar refractivity (Wildman–Crippen MR) is 78.0 cm³/mol. The van der Waals surface area contributed by atoms with Gasteiger partial charge in [-0.15, -0.1) is 0 Å². The van der Waals surface area contributed by atoms with Gasteiger partial charge in [0.1, 0.15) is 6.07 Å². The van der Waals surface area contributed by atoms with Gasteiger partial charge in [-0.25, -0.2) is 4.98 Å². The standard InChI is InChI=1S/C14H15BrN4/c1-10(2)18-9-11-3-4-13(12(15)7-11)19-6-5-17-14(19)8-16/h3-7,10,18H,9H2,1-2H3. The fourth-order valence-corrected chi connectivity index (χ4v) is 2.38. The maximum Gasteiger partial charge on any atom is 0.217 e. The average molecular weight is 319 g/mol. The molecule has 5 heteroatoms. The van der Waals surface area contributed by atoms with Crippen molar-refractivity contribution in [1.82, 2.24) is 14.9 Å². The molecule has 98 valence electrons. The monoisotopic (exact) mass is 318 g/mol. The third-order valence-corrected chi connectivity index (χ3v) is 3.36. The molecule has 1 aromatic carbocycles. The summed E-state index contributed by atoms with van der Waals surface area (Å²) in [6.45, 7) is 5.06. The number of halogens is 1. The van der Waals surface area contributed by atoms with Gasteiger partial charge in [-0.2, -0.15) is 5.26 Å². The molecule has 0 amide bonds. The van der Waals surface area contributed by atoms with Crippen molar-refractivity contribution in [2.75, 3.05) is 0 Å². The van der Waals surface area contributed by atoms with Crippen LogP contribution in [0.1, 0.15) is 25.2 Å². The highest BCUT2D eigenvalue weighted by atomic mass is 79.9. The topological polar surface area (TPSA) is 53.6 Å². The first-order valence-electron chi connectivity index (χ1n) is 6.07. The summed E-state index contributed by atoms with van der Waals surface area (Å²) in [7, 11) is 0. The van der Waals surface area contributed by atoms with E-state index in [4.69, 9.17) is 5.26 Å². The van der Waals surface area contributed by atoms with Crippen LogP contribution in [0.15, 0.2) is 35.1 Å². The van der Waals surface area contributed by atoms with E-state index in [1.165, 1.54) is 5.56 Å². The van der Waals surface area contributed by atoms with Crippen molar-refractivity contribution in [3.05, 3.63) is 46.5 Å². The molecule has 0 aliphatic heterocycles. The predicted octanol–water partition coefficient (Wildman–Crippen LogP) is 3.00. The summed E-state index contributed by atoms with van der Waals surface area (Å²) in [4.78, 5) is 4.00. The van der Waals surface area contributed by atoms with Gasteiger partial charge in [0.05, 0.1) is 5.69 Å². The second-order valence-electron chi connectivity index (χ2n) is 4.55. The van der Waals surface area contributed by atoms with Gasteiger partial charge in [-0.05, 0) is 33.6 Å². The van der Waals surface area contributed by atoms with E-state index in [9.17, 15) is 0 Å². The molecule has 0 aliphatic carbocycles. The summed E-state index contributed by atoms with van der Waals surface area (Å²) >= 11 is 3.55. The number of benzene rings is 1. The van der Waals surface area contributed by atoms with Crippen LogP contribution in [-0.2, 0) is 6.54 Å². The van der Waals surface area contributed by atoms with Crippen LogP contribution >= 0.6 is 15.9 Å². The van der Waals surface area contributed by atoms with E-state index < -0.39 is 0 Å². The van der Waals surface area contributed by atoms with Crippen molar-refractivity contribution < 1.29 is 0 Å². The quantitative estimate of drug-likeness (QED) is 0.942. The van der Waals surface area contributed by atoms with Crippen molar-refractivity contribution >= 4 is 15.9 Å². The van der Waals surface area contributed by atoms with Crippen molar-refractivity contribution in [3.63, 3.8) is 0 Å². The van der Waals surface area contributed by atoms with Crippen molar-refractivity contribution in [2.45, 2.75) is 26.4 Å². The molecule has 1 heterocycles. The highest BCUT2D eigenvalue weighted by Gasteiger charge is 2.08. The molecule has 0 radical (unpaired) electrons. The number of aromatic nitrogens is 2. The van der Waals surface area contributed by atoms with Gasteiger partial charge in [0, 0.05) is 29.5 Å². The van der Waals surface area contributed by atoms with E-state index in [-0.39, 0.29) is 0 Å². The van der Waals surface area contributed by atoms with E-state index in [2.05, 4.69) is 58.3 Å². The van der Waals surface area contributed by atoms with Gasteiger partial charge in [0.25, 0.3) is 0 Å². The number of nitriles is 1. The normalized spacial score (nSPS) is 10.7. The molecule has 0 saturated carbocycles. The van der Waals surface area contributed by atoms with Crippen LogP contribution in [0.5, 0.6) is 0 Å². The van der Waals surface area contributed by atoms with Gasteiger partial charge in [0.2, 0.25) is 5.82 Å². The molecule has 1 aromatic heterocycles. The Kier molecular flexibility index (Phi) is 4.35. The van der Waals surface area contributed by atoms with Crippen molar-refractivity contribution in [1.29, 1.82) is 5.26 Å². The lowest BCUT2D eigenvalue weighted by Gasteiger charge is -2.11. The van der Waals surface area contributed by atoms with Crippen LogP contribution < -0.4 is 5.32 Å². The smallest absolute Gasteiger partial charge is 0.217 e. The van der Waals surface area contributed by atoms with E-state index in [1.54, 1.807) is 17.0 Å². The minimum absolute atomic E-state index is 0.383. The molecule has 19 heavy (non-hydrogen) atoms. The number of rotatable bonds is 4. The molecular weight excluding hydrogens is 304 g/mol. The lowest BCUT2D eigenvalue weighted by Crippen LogP contribution is -2.21. The first-order chi connectivity index (χ1) is 9.11. The minimum atomic E-state index is 0.383.